The number of hydrogen-bond donors (Lipinski definition) is 0. The summed E-state index contributed by atoms with van der Waals surface area (Å²) < 4.78 is 6.00. The minimum absolute atomic E-state index is 0.131. The number of thiophene rings is 1. The molecule has 2 aromatic carbocycles. The highest BCUT2D eigenvalue weighted by Crippen LogP contribution is 2.23. The van der Waals surface area contributed by atoms with Gasteiger partial charge in [0.2, 0.25) is 0 Å². The molecule has 1 heterocycles. The van der Waals surface area contributed by atoms with E-state index in [9.17, 15) is 0 Å². The van der Waals surface area contributed by atoms with Crippen LogP contribution in [-0.2, 0) is 24.2 Å². The molecule has 0 unspecified atom stereocenters. The Morgan fingerprint density at radius 1 is 0.783 bits per heavy atom. The zero-order valence-corrected chi connectivity index (χ0v) is 14.3. The first-order valence-corrected chi connectivity index (χ1v) is 8.91. The smallest absolute Gasteiger partial charge is 0.0817 e. The standard InChI is InChI=1S/C21H22OS/c1-17(19-10-6-3-7-11-19)22-16-21-15-14-20(23-21)13-12-18-8-4-2-5-9-18/h2-11,14-15,17H,12-13,16H2,1H3/t17-/m0/s1. The molecule has 3 aromatic rings. The number of hydrogen-bond acceptors (Lipinski definition) is 2. The van der Waals surface area contributed by atoms with E-state index < -0.39 is 0 Å². The van der Waals surface area contributed by atoms with E-state index in [4.69, 9.17) is 4.74 Å². The number of aryl methyl sites for hydroxylation is 2. The summed E-state index contributed by atoms with van der Waals surface area (Å²) in [6.07, 6.45) is 2.33. The molecular formula is C21H22OS. The first-order chi connectivity index (χ1) is 11.3. The average Bonchev–Trinajstić information content (AvgIpc) is 3.07. The monoisotopic (exact) mass is 322 g/mol. The van der Waals surface area contributed by atoms with Crippen molar-refractivity contribution in [1.82, 2.24) is 0 Å². The van der Waals surface area contributed by atoms with Gasteiger partial charge in [-0.2, -0.15) is 0 Å². The average molecular weight is 322 g/mol. The van der Waals surface area contributed by atoms with Crippen LogP contribution in [0.3, 0.4) is 0 Å². The van der Waals surface area contributed by atoms with Gasteiger partial charge in [0.15, 0.2) is 0 Å². The molecule has 2 heteroatoms. The van der Waals surface area contributed by atoms with Crippen molar-refractivity contribution < 1.29 is 4.74 Å². The number of rotatable bonds is 7. The lowest BCUT2D eigenvalue weighted by Gasteiger charge is -2.12. The lowest BCUT2D eigenvalue weighted by Crippen LogP contribution is -1.99. The molecule has 0 aliphatic rings. The zero-order chi connectivity index (χ0) is 15.9. The second-order valence-electron chi connectivity index (χ2n) is 5.72. The Balaban J connectivity index is 1.49. The summed E-state index contributed by atoms with van der Waals surface area (Å²) in [4.78, 5) is 2.73. The van der Waals surface area contributed by atoms with Crippen molar-refractivity contribution in [2.24, 2.45) is 0 Å². The van der Waals surface area contributed by atoms with Crippen LogP contribution in [0.2, 0.25) is 0 Å². The summed E-state index contributed by atoms with van der Waals surface area (Å²) in [5.41, 5.74) is 2.63. The van der Waals surface area contributed by atoms with E-state index >= 15 is 0 Å². The summed E-state index contributed by atoms with van der Waals surface area (Å²) in [6, 6.07) is 25.5. The lowest BCUT2D eigenvalue weighted by atomic mass is 10.1. The molecule has 1 aromatic heterocycles. The van der Waals surface area contributed by atoms with Crippen LogP contribution in [0.1, 0.15) is 33.9 Å². The molecule has 118 valence electrons. The number of benzene rings is 2. The van der Waals surface area contributed by atoms with E-state index in [0.717, 1.165) is 12.8 Å². The van der Waals surface area contributed by atoms with Crippen LogP contribution >= 0.6 is 11.3 Å². The van der Waals surface area contributed by atoms with Crippen molar-refractivity contribution >= 4 is 11.3 Å². The van der Waals surface area contributed by atoms with Crippen molar-refractivity contribution in [2.45, 2.75) is 32.5 Å². The molecule has 0 aliphatic heterocycles. The van der Waals surface area contributed by atoms with Gasteiger partial charge in [-0.3, -0.25) is 0 Å². The molecule has 0 bridgehead atoms. The van der Waals surface area contributed by atoms with Crippen LogP contribution in [0, 0.1) is 0 Å². The molecule has 23 heavy (non-hydrogen) atoms. The molecule has 3 rings (SSSR count). The molecule has 1 nitrogen and oxygen atoms in total. The molecule has 0 N–H and O–H groups in total. The normalized spacial score (nSPS) is 12.2. The Bertz CT molecular complexity index is 703. The van der Waals surface area contributed by atoms with Crippen molar-refractivity contribution in [1.29, 1.82) is 0 Å². The first kappa shape index (κ1) is 16.0. The van der Waals surface area contributed by atoms with E-state index in [1.165, 1.54) is 20.9 Å². The van der Waals surface area contributed by atoms with Crippen LogP contribution < -0.4 is 0 Å². The quantitative estimate of drug-likeness (QED) is 0.533. The maximum absolute atomic E-state index is 6.00. The van der Waals surface area contributed by atoms with Gasteiger partial charge in [-0.05, 0) is 43.0 Å². The van der Waals surface area contributed by atoms with Crippen LogP contribution in [0.15, 0.2) is 72.8 Å². The highest BCUT2D eigenvalue weighted by molar-refractivity contribution is 7.11. The van der Waals surface area contributed by atoms with Crippen LogP contribution in [0.25, 0.3) is 0 Å². The Kier molecular flexibility index (Phi) is 5.62. The molecule has 0 radical (unpaired) electrons. The first-order valence-electron chi connectivity index (χ1n) is 8.09. The summed E-state index contributed by atoms with van der Waals surface area (Å²) >= 11 is 1.86. The van der Waals surface area contributed by atoms with Gasteiger partial charge in [0.25, 0.3) is 0 Å². The second kappa shape index (κ2) is 8.09. The maximum atomic E-state index is 6.00. The third-order valence-electron chi connectivity index (χ3n) is 3.96. The fraction of sp³-hybridized carbons (Fsp3) is 0.238. The van der Waals surface area contributed by atoms with Gasteiger partial charge in [0, 0.05) is 9.75 Å². The van der Waals surface area contributed by atoms with E-state index in [-0.39, 0.29) is 6.10 Å². The molecule has 0 saturated heterocycles. The van der Waals surface area contributed by atoms with E-state index in [1.54, 1.807) is 0 Å². The minimum atomic E-state index is 0.131. The zero-order valence-electron chi connectivity index (χ0n) is 13.4. The fourth-order valence-corrected chi connectivity index (χ4v) is 3.51. The molecule has 0 amide bonds. The highest BCUT2D eigenvalue weighted by atomic mass is 32.1. The summed E-state index contributed by atoms with van der Waals surface area (Å²) in [6.45, 7) is 2.80. The topological polar surface area (TPSA) is 9.23 Å². The molecule has 0 saturated carbocycles. The molecular weight excluding hydrogens is 300 g/mol. The Morgan fingerprint density at radius 2 is 1.43 bits per heavy atom. The largest absolute Gasteiger partial charge is 0.368 e. The Morgan fingerprint density at radius 3 is 2.17 bits per heavy atom. The van der Waals surface area contributed by atoms with Crippen LogP contribution in [0.5, 0.6) is 0 Å². The van der Waals surface area contributed by atoms with Gasteiger partial charge in [0.1, 0.15) is 0 Å². The third kappa shape index (κ3) is 4.78. The van der Waals surface area contributed by atoms with Crippen LogP contribution in [-0.4, -0.2) is 0 Å². The van der Waals surface area contributed by atoms with Gasteiger partial charge in [-0.15, -0.1) is 11.3 Å². The van der Waals surface area contributed by atoms with Crippen molar-refractivity contribution in [3.8, 4) is 0 Å². The highest BCUT2D eigenvalue weighted by Gasteiger charge is 2.07. The fourth-order valence-electron chi connectivity index (χ4n) is 2.57. The lowest BCUT2D eigenvalue weighted by molar-refractivity contribution is 0.0542. The number of ether oxygens (including phenoxy) is 1. The van der Waals surface area contributed by atoms with Gasteiger partial charge >= 0.3 is 0 Å². The predicted octanol–water partition coefficient (Wildman–Crippen LogP) is 5.81. The second-order valence-corrected chi connectivity index (χ2v) is 6.97. The SMILES string of the molecule is C[C@H](OCc1ccc(CCc2ccccc2)s1)c1ccccc1. The summed E-state index contributed by atoms with van der Waals surface area (Å²) in [5.74, 6) is 0. The molecule has 0 fully saturated rings. The predicted molar refractivity (Wildman–Crippen MR) is 97.8 cm³/mol. The van der Waals surface area contributed by atoms with Gasteiger partial charge in [-0.1, -0.05) is 60.7 Å². The summed E-state index contributed by atoms with van der Waals surface area (Å²) in [5, 5.41) is 0. The maximum Gasteiger partial charge on any atom is 0.0817 e. The van der Waals surface area contributed by atoms with Crippen LogP contribution in [0.4, 0.5) is 0 Å². The minimum Gasteiger partial charge on any atom is -0.368 e. The van der Waals surface area contributed by atoms with Crippen molar-refractivity contribution in [2.75, 3.05) is 0 Å². The van der Waals surface area contributed by atoms with Gasteiger partial charge in [0.05, 0.1) is 12.7 Å². The van der Waals surface area contributed by atoms with Gasteiger partial charge < -0.3 is 4.74 Å². The van der Waals surface area contributed by atoms with Crippen molar-refractivity contribution in [3.63, 3.8) is 0 Å². The van der Waals surface area contributed by atoms with Crippen molar-refractivity contribution in [3.05, 3.63) is 93.7 Å². The van der Waals surface area contributed by atoms with Gasteiger partial charge in [-0.25, -0.2) is 0 Å². The summed E-state index contributed by atoms with van der Waals surface area (Å²) in [7, 11) is 0. The Hall–Kier alpha value is -1.90. The molecule has 1 atom stereocenters. The van der Waals surface area contributed by atoms with E-state index in [1.807, 2.05) is 17.4 Å². The molecule has 0 aliphatic carbocycles. The Labute approximate surface area is 142 Å². The molecule has 0 spiro atoms. The van der Waals surface area contributed by atoms with E-state index in [0.29, 0.717) is 6.61 Å². The van der Waals surface area contributed by atoms with E-state index in [2.05, 4.69) is 73.7 Å². The third-order valence-corrected chi connectivity index (χ3v) is 5.08.